The number of rotatable bonds is 4. The number of nitrogens with one attached hydrogen (secondary N) is 1. The van der Waals surface area contributed by atoms with Gasteiger partial charge in [0.25, 0.3) is 0 Å². The van der Waals surface area contributed by atoms with Crippen LogP contribution in [0.1, 0.15) is 56.9 Å². The van der Waals surface area contributed by atoms with Gasteiger partial charge in [0.05, 0.1) is 0 Å². The Balaban J connectivity index is 1.90. The lowest BCUT2D eigenvalue weighted by atomic mass is 9.84. The third-order valence-corrected chi connectivity index (χ3v) is 5.94. The zero-order chi connectivity index (χ0) is 12.3. The molecule has 0 saturated heterocycles. The van der Waals surface area contributed by atoms with E-state index in [2.05, 4.69) is 46.5 Å². The first-order valence-corrected chi connectivity index (χ1v) is 8.37. The lowest BCUT2D eigenvalue weighted by Crippen LogP contribution is -2.35. The van der Waals surface area contributed by atoms with Crippen LogP contribution in [0.25, 0.3) is 0 Å². The average Bonchev–Trinajstić information content (AvgIpc) is 2.76. The van der Waals surface area contributed by atoms with Gasteiger partial charge in [0.15, 0.2) is 0 Å². The highest BCUT2D eigenvalue weighted by Crippen LogP contribution is 2.32. The van der Waals surface area contributed by atoms with Crippen molar-refractivity contribution in [3.8, 4) is 0 Å². The molecule has 1 saturated carbocycles. The Morgan fingerprint density at radius 2 is 2.35 bits per heavy atom. The molecule has 1 aliphatic carbocycles. The number of thiophene rings is 1. The van der Waals surface area contributed by atoms with Crippen LogP contribution in [0.15, 0.2) is 15.9 Å². The highest BCUT2D eigenvalue weighted by molar-refractivity contribution is 9.10. The van der Waals surface area contributed by atoms with E-state index in [0.717, 1.165) is 12.0 Å². The lowest BCUT2D eigenvalue weighted by Gasteiger charge is -2.31. The molecule has 0 aliphatic heterocycles. The van der Waals surface area contributed by atoms with E-state index >= 15 is 0 Å². The summed E-state index contributed by atoms with van der Waals surface area (Å²) in [5, 5.41) is 5.97. The van der Waals surface area contributed by atoms with Crippen LogP contribution in [0.4, 0.5) is 0 Å². The second kappa shape index (κ2) is 6.35. The van der Waals surface area contributed by atoms with Gasteiger partial charge in [0.2, 0.25) is 0 Å². The zero-order valence-electron chi connectivity index (χ0n) is 10.7. The Morgan fingerprint density at radius 3 is 3.00 bits per heavy atom. The van der Waals surface area contributed by atoms with Crippen LogP contribution in [0.2, 0.25) is 0 Å². The summed E-state index contributed by atoms with van der Waals surface area (Å²) in [6.07, 6.45) is 6.89. The van der Waals surface area contributed by atoms with Gasteiger partial charge in [-0.05, 0) is 53.1 Å². The van der Waals surface area contributed by atoms with Gasteiger partial charge in [0.1, 0.15) is 0 Å². The van der Waals surface area contributed by atoms with Crippen molar-refractivity contribution < 1.29 is 0 Å². The summed E-state index contributed by atoms with van der Waals surface area (Å²) in [5.74, 6) is 0.945. The summed E-state index contributed by atoms with van der Waals surface area (Å²) in [4.78, 5) is 1.43. The van der Waals surface area contributed by atoms with Gasteiger partial charge in [-0.3, -0.25) is 0 Å². The molecule has 1 N–H and O–H groups in total. The fourth-order valence-corrected chi connectivity index (χ4v) is 4.59. The first-order valence-electron chi connectivity index (χ1n) is 6.69. The normalized spacial score (nSPS) is 27.0. The molecule has 1 fully saturated rings. The van der Waals surface area contributed by atoms with Gasteiger partial charge < -0.3 is 5.32 Å². The average molecular weight is 316 g/mol. The van der Waals surface area contributed by atoms with E-state index in [-0.39, 0.29) is 0 Å². The van der Waals surface area contributed by atoms with E-state index in [1.807, 2.05) is 11.3 Å². The summed E-state index contributed by atoms with van der Waals surface area (Å²) in [6, 6.07) is 3.34. The first kappa shape index (κ1) is 13.6. The standard InChI is InChI=1S/C14H22BrNS/c1-3-11-5-4-6-12(9-11)16-10(2)14-13(15)7-8-17-14/h7-8,10-12,16H,3-6,9H2,1-2H3. The summed E-state index contributed by atoms with van der Waals surface area (Å²) < 4.78 is 1.25. The molecule has 1 aliphatic rings. The minimum atomic E-state index is 0.477. The molecule has 0 amide bonds. The molecule has 0 aromatic carbocycles. The number of hydrogen-bond acceptors (Lipinski definition) is 2. The van der Waals surface area contributed by atoms with Crippen molar-refractivity contribution in [2.45, 2.75) is 58.0 Å². The van der Waals surface area contributed by atoms with E-state index in [1.54, 1.807) is 0 Å². The molecule has 3 unspecified atom stereocenters. The molecule has 3 heteroatoms. The molecule has 1 aromatic heterocycles. The Morgan fingerprint density at radius 1 is 1.53 bits per heavy atom. The Kier molecular flexibility index (Phi) is 5.07. The third kappa shape index (κ3) is 3.55. The Bertz CT molecular complexity index is 350. The van der Waals surface area contributed by atoms with Crippen LogP contribution >= 0.6 is 27.3 Å². The maximum Gasteiger partial charge on any atom is 0.0399 e. The molecule has 0 radical (unpaired) electrons. The summed E-state index contributed by atoms with van der Waals surface area (Å²) >= 11 is 5.47. The molecule has 2 rings (SSSR count). The van der Waals surface area contributed by atoms with Gasteiger partial charge in [0, 0.05) is 21.4 Å². The van der Waals surface area contributed by atoms with Crippen LogP contribution in [0, 0.1) is 5.92 Å². The van der Waals surface area contributed by atoms with Gasteiger partial charge in [-0.2, -0.15) is 0 Å². The van der Waals surface area contributed by atoms with Crippen molar-refractivity contribution in [3.05, 3.63) is 20.8 Å². The third-order valence-electron chi connectivity index (χ3n) is 3.88. The van der Waals surface area contributed by atoms with Gasteiger partial charge in [-0.1, -0.05) is 26.2 Å². The van der Waals surface area contributed by atoms with Crippen LogP contribution in [-0.2, 0) is 0 Å². The lowest BCUT2D eigenvalue weighted by molar-refractivity contribution is 0.266. The molecule has 0 spiro atoms. The second-order valence-corrected chi connectivity index (χ2v) is 6.96. The van der Waals surface area contributed by atoms with Crippen molar-refractivity contribution in [3.63, 3.8) is 0 Å². The predicted octanol–water partition coefficient (Wildman–Crippen LogP) is 5.13. The molecule has 0 bridgehead atoms. The molecule has 96 valence electrons. The van der Waals surface area contributed by atoms with E-state index < -0.39 is 0 Å². The molecule has 3 atom stereocenters. The predicted molar refractivity (Wildman–Crippen MR) is 79.6 cm³/mol. The minimum absolute atomic E-state index is 0.477. The summed E-state index contributed by atoms with van der Waals surface area (Å²) in [7, 11) is 0. The molecule has 1 aromatic rings. The topological polar surface area (TPSA) is 12.0 Å². The van der Waals surface area contributed by atoms with Crippen molar-refractivity contribution in [1.82, 2.24) is 5.32 Å². The minimum Gasteiger partial charge on any atom is -0.307 e. The monoisotopic (exact) mass is 315 g/mol. The van der Waals surface area contributed by atoms with Crippen molar-refractivity contribution >= 4 is 27.3 Å². The Hall–Kier alpha value is 0.140. The molecule has 17 heavy (non-hydrogen) atoms. The molecular weight excluding hydrogens is 294 g/mol. The van der Waals surface area contributed by atoms with Crippen LogP contribution in [0.3, 0.4) is 0 Å². The van der Waals surface area contributed by atoms with Crippen LogP contribution < -0.4 is 5.32 Å². The summed E-state index contributed by atoms with van der Waals surface area (Å²) in [5.41, 5.74) is 0. The van der Waals surface area contributed by atoms with E-state index in [1.165, 1.54) is 41.5 Å². The largest absolute Gasteiger partial charge is 0.307 e. The van der Waals surface area contributed by atoms with Gasteiger partial charge in [-0.15, -0.1) is 11.3 Å². The quantitative estimate of drug-likeness (QED) is 0.812. The van der Waals surface area contributed by atoms with E-state index in [4.69, 9.17) is 0 Å². The second-order valence-electron chi connectivity index (χ2n) is 5.16. The number of halogens is 1. The maximum absolute atomic E-state index is 3.81. The Labute approximate surface area is 117 Å². The molecule has 1 heterocycles. The van der Waals surface area contributed by atoms with E-state index in [0.29, 0.717) is 6.04 Å². The van der Waals surface area contributed by atoms with Crippen LogP contribution in [-0.4, -0.2) is 6.04 Å². The fraction of sp³-hybridized carbons (Fsp3) is 0.714. The van der Waals surface area contributed by atoms with Crippen molar-refractivity contribution in [2.24, 2.45) is 5.92 Å². The highest BCUT2D eigenvalue weighted by atomic mass is 79.9. The van der Waals surface area contributed by atoms with Gasteiger partial charge >= 0.3 is 0 Å². The SMILES string of the molecule is CCC1CCCC(NC(C)c2sccc2Br)C1. The molecule has 1 nitrogen and oxygen atoms in total. The van der Waals surface area contributed by atoms with Crippen molar-refractivity contribution in [1.29, 1.82) is 0 Å². The van der Waals surface area contributed by atoms with Gasteiger partial charge in [-0.25, -0.2) is 0 Å². The zero-order valence-corrected chi connectivity index (χ0v) is 13.1. The van der Waals surface area contributed by atoms with Crippen molar-refractivity contribution in [2.75, 3.05) is 0 Å². The molecular formula is C14H22BrNS. The fourth-order valence-electron chi connectivity index (χ4n) is 2.86. The van der Waals surface area contributed by atoms with Crippen LogP contribution in [0.5, 0.6) is 0 Å². The smallest absolute Gasteiger partial charge is 0.0399 e. The highest BCUT2D eigenvalue weighted by Gasteiger charge is 2.23. The first-order chi connectivity index (χ1) is 8.20. The maximum atomic E-state index is 3.81. The van der Waals surface area contributed by atoms with E-state index in [9.17, 15) is 0 Å². The summed E-state index contributed by atoms with van der Waals surface area (Å²) in [6.45, 7) is 4.61. The number of hydrogen-bond donors (Lipinski definition) is 1.